The minimum absolute atomic E-state index is 0.116. The number of pyridine rings is 1. The summed E-state index contributed by atoms with van der Waals surface area (Å²) in [6, 6.07) is 5.71. The summed E-state index contributed by atoms with van der Waals surface area (Å²) in [7, 11) is -6.55. The topological polar surface area (TPSA) is 132 Å². The molecular weight excluding hydrogens is 464 g/mol. The Bertz CT molecular complexity index is 1230. The quantitative estimate of drug-likeness (QED) is 0.574. The van der Waals surface area contributed by atoms with Crippen LogP contribution in [0.15, 0.2) is 40.3 Å². The van der Waals surface area contributed by atoms with Gasteiger partial charge in [-0.25, -0.2) is 27.0 Å². The molecule has 1 unspecified atom stereocenters. The lowest BCUT2D eigenvalue weighted by Gasteiger charge is -2.39. The van der Waals surface area contributed by atoms with Crippen LogP contribution in [0.2, 0.25) is 0 Å². The number of nitrogens with two attached hydrogens (primary N) is 1. The van der Waals surface area contributed by atoms with Crippen molar-refractivity contribution in [3.8, 4) is 5.88 Å². The Balaban J connectivity index is 2.04. The number of rotatable bonds is 8. The molecule has 0 amide bonds. The van der Waals surface area contributed by atoms with Crippen LogP contribution in [0.1, 0.15) is 44.2 Å². The molecule has 1 fully saturated rings. The fourth-order valence-electron chi connectivity index (χ4n) is 4.08. The van der Waals surface area contributed by atoms with Crippen LogP contribution >= 0.6 is 0 Å². The predicted molar refractivity (Wildman–Crippen MR) is 127 cm³/mol. The number of methoxy groups -OCH3 is 1. The van der Waals surface area contributed by atoms with E-state index in [2.05, 4.69) is 17.2 Å². The molecule has 1 aromatic heterocycles. The van der Waals surface area contributed by atoms with E-state index >= 15 is 0 Å². The Hall–Kier alpha value is -2.21. The standard InChI is InChI=1S/C22H32N4O5S2/c1-5-22(3)10-6-12-26(15-22)33(29,30)20-13-17(32(23,27)28)7-8-19(20)25-14-18-16(2)9-11-24-21(18)31-4/h7-9,11,13,25H,5-6,10,12,14-15H2,1-4H3,(H2,23,27,28). The number of piperidine rings is 1. The van der Waals surface area contributed by atoms with Gasteiger partial charge >= 0.3 is 0 Å². The summed E-state index contributed by atoms with van der Waals surface area (Å²) in [6.45, 7) is 7.03. The maximum absolute atomic E-state index is 13.7. The summed E-state index contributed by atoms with van der Waals surface area (Å²) < 4.78 is 58.2. The number of hydrogen-bond donors (Lipinski definition) is 2. The summed E-state index contributed by atoms with van der Waals surface area (Å²) in [6.07, 6.45) is 4.17. The van der Waals surface area contributed by atoms with E-state index in [9.17, 15) is 16.8 Å². The third-order valence-electron chi connectivity index (χ3n) is 6.40. The van der Waals surface area contributed by atoms with Crippen molar-refractivity contribution < 1.29 is 21.6 Å². The number of ether oxygens (including phenoxy) is 1. The lowest BCUT2D eigenvalue weighted by atomic mass is 9.80. The van der Waals surface area contributed by atoms with Crippen LogP contribution in [0.4, 0.5) is 5.69 Å². The first-order valence-corrected chi connectivity index (χ1v) is 13.8. The minimum Gasteiger partial charge on any atom is -0.481 e. The largest absolute Gasteiger partial charge is 0.481 e. The number of aryl methyl sites for hydroxylation is 1. The van der Waals surface area contributed by atoms with Crippen LogP contribution in [0.3, 0.4) is 0 Å². The van der Waals surface area contributed by atoms with Crippen molar-refractivity contribution in [2.24, 2.45) is 10.6 Å². The first kappa shape index (κ1) is 25.4. The molecule has 1 saturated heterocycles. The van der Waals surface area contributed by atoms with Gasteiger partial charge in [0, 0.05) is 31.4 Å². The maximum atomic E-state index is 13.7. The highest BCUT2D eigenvalue weighted by atomic mass is 32.2. The van der Waals surface area contributed by atoms with Gasteiger partial charge in [0.15, 0.2) is 0 Å². The molecule has 1 aliphatic rings. The van der Waals surface area contributed by atoms with E-state index in [-0.39, 0.29) is 27.4 Å². The highest BCUT2D eigenvalue weighted by molar-refractivity contribution is 7.90. The van der Waals surface area contributed by atoms with Crippen molar-refractivity contribution in [1.82, 2.24) is 9.29 Å². The summed E-state index contributed by atoms with van der Waals surface area (Å²) >= 11 is 0. The van der Waals surface area contributed by atoms with Crippen LogP contribution in [0.5, 0.6) is 5.88 Å². The number of nitrogens with zero attached hydrogens (tertiary/aromatic N) is 2. The Labute approximate surface area is 196 Å². The second-order valence-electron chi connectivity index (χ2n) is 8.78. The predicted octanol–water partition coefficient (Wildman–Crippen LogP) is 2.86. The molecule has 182 valence electrons. The SMILES string of the molecule is CCC1(C)CCCN(S(=O)(=O)c2cc(S(N)(=O)=O)ccc2NCc2c(C)ccnc2OC)C1. The molecule has 0 aliphatic carbocycles. The average Bonchev–Trinajstić information content (AvgIpc) is 2.77. The summed E-state index contributed by atoms with van der Waals surface area (Å²) in [5, 5.41) is 8.45. The second kappa shape index (κ2) is 9.57. The smallest absolute Gasteiger partial charge is 0.245 e. The fraction of sp³-hybridized carbons (Fsp3) is 0.500. The highest BCUT2D eigenvalue weighted by Gasteiger charge is 2.37. The normalized spacial score (nSPS) is 19.9. The maximum Gasteiger partial charge on any atom is 0.245 e. The Morgan fingerprint density at radius 1 is 1.24 bits per heavy atom. The van der Waals surface area contributed by atoms with Gasteiger partial charge in [0.2, 0.25) is 25.9 Å². The molecule has 3 N–H and O–H groups in total. The van der Waals surface area contributed by atoms with Gasteiger partial charge < -0.3 is 10.1 Å². The number of anilines is 1. The van der Waals surface area contributed by atoms with E-state index in [1.807, 2.05) is 19.9 Å². The molecule has 0 radical (unpaired) electrons. The number of primary sulfonamides is 1. The third kappa shape index (κ3) is 5.48. The zero-order valence-corrected chi connectivity index (χ0v) is 21.1. The van der Waals surface area contributed by atoms with Gasteiger partial charge in [-0.05, 0) is 61.4 Å². The molecule has 9 nitrogen and oxygen atoms in total. The molecule has 33 heavy (non-hydrogen) atoms. The first-order valence-electron chi connectivity index (χ1n) is 10.8. The molecule has 1 aliphatic heterocycles. The van der Waals surface area contributed by atoms with Gasteiger partial charge in [0.05, 0.1) is 17.7 Å². The van der Waals surface area contributed by atoms with E-state index in [1.54, 1.807) is 6.20 Å². The molecule has 11 heteroatoms. The molecule has 0 spiro atoms. The molecule has 0 saturated carbocycles. The van der Waals surface area contributed by atoms with Crippen molar-refractivity contribution in [1.29, 1.82) is 0 Å². The van der Waals surface area contributed by atoms with E-state index in [4.69, 9.17) is 9.88 Å². The van der Waals surface area contributed by atoms with Gasteiger partial charge in [0.25, 0.3) is 0 Å². The fourth-order valence-corrected chi connectivity index (χ4v) is 6.51. The van der Waals surface area contributed by atoms with E-state index in [0.717, 1.165) is 36.5 Å². The summed E-state index contributed by atoms with van der Waals surface area (Å²) in [5.41, 5.74) is 1.86. The van der Waals surface area contributed by atoms with Crippen LogP contribution in [0, 0.1) is 12.3 Å². The van der Waals surface area contributed by atoms with Crippen LogP contribution in [-0.4, -0.2) is 46.3 Å². The first-order chi connectivity index (χ1) is 15.4. The zero-order valence-electron chi connectivity index (χ0n) is 19.5. The summed E-state index contributed by atoms with van der Waals surface area (Å²) in [4.78, 5) is 3.83. The molecule has 3 rings (SSSR count). The van der Waals surface area contributed by atoms with E-state index in [1.165, 1.54) is 23.5 Å². The van der Waals surface area contributed by atoms with Crippen molar-refractivity contribution in [3.63, 3.8) is 0 Å². The Kier molecular flexibility index (Phi) is 7.37. The molecule has 0 bridgehead atoms. The van der Waals surface area contributed by atoms with Crippen LogP contribution in [-0.2, 0) is 26.6 Å². The Morgan fingerprint density at radius 2 is 1.97 bits per heavy atom. The van der Waals surface area contributed by atoms with Crippen LogP contribution < -0.4 is 15.2 Å². The average molecular weight is 497 g/mol. The molecule has 2 aromatic rings. The monoisotopic (exact) mass is 496 g/mol. The molecular formula is C22H32N4O5S2. The number of hydrogen-bond acceptors (Lipinski definition) is 7. The van der Waals surface area contributed by atoms with Crippen molar-refractivity contribution in [2.45, 2.75) is 56.4 Å². The van der Waals surface area contributed by atoms with Gasteiger partial charge in [-0.15, -0.1) is 0 Å². The zero-order chi connectivity index (χ0) is 24.4. The van der Waals surface area contributed by atoms with Gasteiger partial charge in [-0.3, -0.25) is 0 Å². The minimum atomic E-state index is -4.09. The number of aromatic nitrogens is 1. The lowest BCUT2D eigenvalue weighted by molar-refractivity contribution is 0.160. The molecule has 2 heterocycles. The van der Waals surface area contributed by atoms with Crippen LogP contribution in [0.25, 0.3) is 0 Å². The van der Waals surface area contributed by atoms with Gasteiger partial charge in [-0.2, -0.15) is 4.31 Å². The lowest BCUT2D eigenvalue weighted by Crippen LogP contribution is -2.44. The highest BCUT2D eigenvalue weighted by Crippen LogP contribution is 2.37. The van der Waals surface area contributed by atoms with Crippen molar-refractivity contribution >= 4 is 25.7 Å². The third-order valence-corrected chi connectivity index (χ3v) is 9.19. The Morgan fingerprint density at radius 3 is 2.61 bits per heavy atom. The van der Waals surface area contributed by atoms with Crippen molar-refractivity contribution in [2.75, 3.05) is 25.5 Å². The second-order valence-corrected chi connectivity index (χ2v) is 12.2. The summed E-state index contributed by atoms with van der Waals surface area (Å²) in [5.74, 6) is 0.433. The van der Waals surface area contributed by atoms with E-state index in [0.29, 0.717) is 19.0 Å². The number of sulfonamides is 2. The molecule has 1 aromatic carbocycles. The molecule has 1 atom stereocenters. The number of benzene rings is 1. The van der Waals surface area contributed by atoms with Gasteiger partial charge in [0.1, 0.15) is 4.90 Å². The van der Waals surface area contributed by atoms with Crippen molar-refractivity contribution in [3.05, 3.63) is 41.6 Å². The number of nitrogens with one attached hydrogen (secondary N) is 1. The van der Waals surface area contributed by atoms with E-state index < -0.39 is 20.0 Å². The van der Waals surface area contributed by atoms with Gasteiger partial charge in [-0.1, -0.05) is 13.8 Å².